The summed E-state index contributed by atoms with van der Waals surface area (Å²) in [5.41, 5.74) is 2.79. The summed E-state index contributed by atoms with van der Waals surface area (Å²) in [6.45, 7) is 2.10. The van der Waals surface area contributed by atoms with Crippen LogP contribution in [0.15, 0.2) is 62.0 Å². The van der Waals surface area contributed by atoms with E-state index in [1.807, 2.05) is 22.8 Å². The Morgan fingerprint density at radius 2 is 1.88 bits per heavy atom. The van der Waals surface area contributed by atoms with E-state index < -0.39 is 0 Å². The molecule has 0 amide bonds. The summed E-state index contributed by atoms with van der Waals surface area (Å²) >= 11 is 3.59. The molecule has 26 heavy (non-hydrogen) atoms. The van der Waals surface area contributed by atoms with Crippen LogP contribution in [0.25, 0.3) is 10.9 Å². The second-order valence-electron chi connectivity index (χ2n) is 6.59. The Labute approximate surface area is 158 Å². The third-order valence-corrected chi connectivity index (χ3v) is 5.52. The van der Waals surface area contributed by atoms with Gasteiger partial charge in [0, 0.05) is 28.8 Å². The molecule has 1 aromatic heterocycles. The molecule has 2 aromatic carbocycles. The van der Waals surface area contributed by atoms with E-state index >= 15 is 0 Å². The number of fused-ring (bicyclic) bond motifs is 3. The number of nitrogens with zero attached hydrogens (tertiary/aromatic N) is 5. The average Bonchev–Trinajstić information content (AvgIpc) is 3.31. The SMILES string of the molecule is O=c1nc2n(c3ccccc13)C(c1cc(Br)ccc1N1CCCC1)N=N2. The van der Waals surface area contributed by atoms with Gasteiger partial charge in [-0.2, -0.15) is 10.1 Å². The third-order valence-electron chi connectivity index (χ3n) is 5.03. The Hall–Kier alpha value is -2.54. The van der Waals surface area contributed by atoms with Crippen molar-refractivity contribution < 1.29 is 0 Å². The van der Waals surface area contributed by atoms with Crippen LogP contribution in [0.2, 0.25) is 0 Å². The van der Waals surface area contributed by atoms with Crippen molar-refractivity contribution in [1.29, 1.82) is 0 Å². The fourth-order valence-corrected chi connectivity index (χ4v) is 4.21. The first-order valence-corrected chi connectivity index (χ1v) is 9.48. The number of para-hydroxylation sites is 1. The average molecular weight is 410 g/mol. The fraction of sp³-hybridized carbons (Fsp3) is 0.263. The van der Waals surface area contributed by atoms with Crippen molar-refractivity contribution in [3.05, 3.63) is 62.9 Å². The molecule has 0 aliphatic carbocycles. The lowest BCUT2D eigenvalue weighted by molar-refractivity contribution is 0.653. The minimum Gasteiger partial charge on any atom is -0.371 e. The molecule has 0 radical (unpaired) electrons. The number of anilines is 1. The molecule has 3 heterocycles. The van der Waals surface area contributed by atoms with Crippen LogP contribution in [-0.4, -0.2) is 22.6 Å². The molecule has 0 spiro atoms. The van der Waals surface area contributed by atoms with Crippen LogP contribution in [0, 0.1) is 0 Å². The zero-order valence-electron chi connectivity index (χ0n) is 14.0. The van der Waals surface area contributed by atoms with Crippen LogP contribution in [0.3, 0.4) is 0 Å². The standard InChI is InChI=1S/C19H16BrN5O/c20-12-7-8-15(24-9-3-4-10-24)14(11-12)17-22-23-19-21-18(26)13-5-1-2-6-16(13)25(17)19/h1-2,5-8,11,17H,3-4,9-10H2. The summed E-state index contributed by atoms with van der Waals surface area (Å²) in [6, 6.07) is 13.8. The first kappa shape index (κ1) is 15.7. The van der Waals surface area contributed by atoms with E-state index in [9.17, 15) is 4.79 Å². The Morgan fingerprint density at radius 1 is 1.08 bits per heavy atom. The van der Waals surface area contributed by atoms with E-state index in [-0.39, 0.29) is 11.7 Å². The Balaban J connectivity index is 1.74. The summed E-state index contributed by atoms with van der Waals surface area (Å²) in [4.78, 5) is 18.8. The molecule has 0 saturated carbocycles. The molecule has 130 valence electrons. The summed E-state index contributed by atoms with van der Waals surface area (Å²) in [5, 5.41) is 9.27. The Kier molecular flexibility index (Phi) is 3.63. The van der Waals surface area contributed by atoms with Gasteiger partial charge in [-0.25, -0.2) is 0 Å². The van der Waals surface area contributed by atoms with E-state index in [1.165, 1.54) is 18.5 Å². The number of rotatable bonds is 2. The molecule has 7 heteroatoms. The van der Waals surface area contributed by atoms with Crippen LogP contribution < -0.4 is 10.5 Å². The molecule has 1 atom stereocenters. The highest BCUT2D eigenvalue weighted by molar-refractivity contribution is 9.10. The summed E-state index contributed by atoms with van der Waals surface area (Å²) in [7, 11) is 0. The number of hydrogen-bond acceptors (Lipinski definition) is 5. The van der Waals surface area contributed by atoms with Crippen molar-refractivity contribution in [3.8, 4) is 0 Å². The molecule has 1 fully saturated rings. The monoisotopic (exact) mass is 409 g/mol. The molecule has 2 aliphatic rings. The van der Waals surface area contributed by atoms with Crippen LogP contribution in [-0.2, 0) is 0 Å². The highest BCUT2D eigenvalue weighted by atomic mass is 79.9. The van der Waals surface area contributed by atoms with Crippen molar-refractivity contribution in [1.82, 2.24) is 9.55 Å². The maximum Gasteiger partial charge on any atom is 0.282 e. The predicted octanol–water partition coefficient (Wildman–Crippen LogP) is 4.40. The highest BCUT2D eigenvalue weighted by Gasteiger charge is 2.29. The van der Waals surface area contributed by atoms with Gasteiger partial charge in [0.2, 0.25) is 0 Å². The maximum atomic E-state index is 12.3. The van der Waals surface area contributed by atoms with Crippen molar-refractivity contribution >= 4 is 38.5 Å². The predicted molar refractivity (Wildman–Crippen MR) is 104 cm³/mol. The maximum absolute atomic E-state index is 12.3. The zero-order valence-corrected chi connectivity index (χ0v) is 15.6. The van der Waals surface area contributed by atoms with Crippen LogP contribution >= 0.6 is 15.9 Å². The van der Waals surface area contributed by atoms with Crippen LogP contribution in [0.1, 0.15) is 24.6 Å². The minimum absolute atomic E-state index is 0.263. The summed E-state index contributed by atoms with van der Waals surface area (Å²) < 4.78 is 2.95. The van der Waals surface area contributed by atoms with Gasteiger partial charge in [0.05, 0.1) is 10.9 Å². The molecule has 3 aromatic rings. The molecule has 1 saturated heterocycles. The van der Waals surface area contributed by atoms with Crippen molar-refractivity contribution in [2.24, 2.45) is 10.2 Å². The molecular formula is C19H16BrN5O. The lowest BCUT2D eigenvalue weighted by Gasteiger charge is -2.24. The number of azo groups is 1. The Morgan fingerprint density at radius 3 is 2.73 bits per heavy atom. The van der Waals surface area contributed by atoms with E-state index in [0.717, 1.165) is 28.6 Å². The van der Waals surface area contributed by atoms with Crippen molar-refractivity contribution in [2.45, 2.75) is 19.0 Å². The van der Waals surface area contributed by atoms with Gasteiger partial charge in [-0.05, 0) is 43.2 Å². The highest BCUT2D eigenvalue weighted by Crippen LogP contribution is 2.40. The molecule has 5 rings (SSSR count). The van der Waals surface area contributed by atoms with Crippen molar-refractivity contribution in [2.75, 3.05) is 18.0 Å². The molecule has 0 bridgehead atoms. The van der Waals surface area contributed by atoms with E-state index in [2.05, 4.69) is 54.2 Å². The van der Waals surface area contributed by atoms with E-state index in [0.29, 0.717) is 11.3 Å². The Bertz CT molecular complexity index is 1100. The van der Waals surface area contributed by atoms with Crippen molar-refractivity contribution in [3.63, 3.8) is 0 Å². The summed E-state index contributed by atoms with van der Waals surface area (Å²) in [5.74, 6) is 0.367. The van der Waals surface area contributed by atoms with Gasteiger partial charge in [-0.1, -0.05) is 28.1 Å². The number of benzene rings is 2. The quantitative estimate of drug-likeness (QED) is 0.629. The lowest BCUT2D eigenvalue weighted by Crippen LogP contribution is -2.21. The topological polar surface area (TPSA) is 62.9 Å². The number of hydrogen-bond donors (Lipinski definition) is 0. The zero-order chi connectivity index (χ0) is 17.7. The second kappa shape index (κ2) is 6.02. The smallest absolute Gasteiger partial charge is 0.282 e. The lowest BCUT2D eigenvalue weighted by atomic mass is 10.1. The van der Waals surface area contributed by atoms with Gasteiger partial charge in [0.15, 0.2) is 6.17 Å². The minimum atomic E-state index is -0.323. The van der Waals surface area contributed by atoms with Gasteiger partial charge in [0.25, 0.3) is 11.5 Å². The second-order valence-corrected chi connectivity index (χ2v) is 7.51. The molecule has 2 aliphatic heterocycles. The van der Waals surface area contributed by atoms with Gasteiger partial charge < -0.3 is 4.90 Å². The van der Waals surface area contributed by atoms with Crippen LogP contribution in [0.5, 0.6) is 0 Å². The van der Waals surface area contributed by atoms with Gasteiger partial charge in [0.1, 0.15) is 0 Å². The van der Waals surface area contributed by atoms with E-state index in [1.54, 1.807) is 6.07 Å². The largest absolute Gasteiger partial charge is 0.371 e. The first-order chi connectivity index (χ1) is 12.7. The number of aromatic nitrogens is 2. The van der Waals surface area contributed by atoms with Crippen LogP contribution in [0.4, 0.5) is 11.6 Å². The normalized spacial score (nSPS) is 18.7. The molecule has 0 N–H and O–H groups in total. The molecule has 6 nitrogen and oxygen atoms in total. The van der Waals surface area contributed by atoms with E-state index in [4.69, 9.17) is 0 Å². The van der Waals surface area contributed by atoms with Gasteiger partial charge >= 0.3 is 0 Å². The van der Waals surface area contributed by atoms with Gasteiger partial charge in [-0.3, -0.25) is 9.36 Å². The molecular weight excluding hydrogens is 394 g/mol. The summed E-state index contributed by atoms with van der Waals surface area (Å²) in [6.07, 6.45) is 2.08. The fourth-order valence-electron chi connectivity index (χ4n) is 3.83. The van der Waals surface area contributed by atoms with Gasteiger partial charge in [-0.15, -0.1) is 5.11 Å². The molecule has 1 unspecified atom stereocenters. The third kappa shape index (κ3) is 2.38. The number of halogens is 1. The first-order valence-electron chi connectivity index (χ1n) is 8.69.